The molecule has 0 aromatic carbocycles. The molecule has 0 amide bonds. The van der Waals surface area contributed by atoms with Gasteiger partial charge in [0.2, 0.25) is 0 Å². The number of esters is 1. The van der Waals surface area contributed by atoms with E-state index in [9.17, 15) is 9.00 Å². The second-order valence-corrected chi connectivity index (χ2v) is 6.15. The first kappa shape index (κ1) is 15.6. The van der Waals surface area contributed by atoms with Crippen molar-refractivity contribution in [1.82, 2.24) is 4.98 Å². The number of pyridine rings is 1. The van der Waals surface area contributed by atoms with Gasteiger partial charge < -0.3 is 10.1 Å². The van der Waals surface area contributed by atoms with Crippen molar-refractivity contribution in [1.29, 1.82) is 0 Å². The Morgan fingerprint density at radius 2 is 2.21 bits per heavy atom. The smallest absolute Gasteiger partial charge is 0.339 e. The average Bonchev–Trinajstić information content (AvgIpc) is 2.37. The number of ether oxygens (including phenoxy) is 1. The van der Waals surface area contributed by atoms with Gasteiger partial charge in [0.15, 0.2) is 0 Å². The van der Waals surface area contributed by atoms with E-state index in [4.69, 9.17) is 0 Å². The minimum atomic E-state index is -0.805. The highest BCUT2D eigenvalue weighted by atomic mass is 32.2. The van der Waals surface area contributed by atoms with Crippen molar-refractivity contribution in [3.63, 3.8) is 0 Å². The molecule has 1 heterocycles. The number of hydrogen-bond donors (Lipinski definition) is 1. The van der Waals surface area contributed by atoms with Gasteiger partial charge in [0.05, 0.1) is 18.4 Å². The lowest BCUT2D eigenvalue weighted by Gasteiger charge is -2.11. The molecule has 19 heavy (non-hydrogen) atoms. The summed E-state index contributed by atoms with van der Waals surface area (Å²) in [4.78, 5) is 15.7. The van der Waals surface area contributed by atoms with E-state index in [0.717, 1.165) is 6.42 Å². The van der Waals surface area contributed by atoms with Gasteiger partial charge in [0.1, 0.15) is 5.82 Å². The van der Waals surface area contributed by atoms with Crippen LogP contribution < -0.4 is 5.32 Å². The molecule has 5 nitrogen and oxygen atoms in total. The molecule has 2 unspecified atom stereocenters. The van der Waals surface area contributed by atoms with Crippen LogP contribution in [0, 0.1) is 6.92 Å². The van der Waals surface area contributed by atoms with Gasteiger partial charge in [-0.1, -0.05) is 6.92 Å². The van der Waals surface area contributed by atoms with Crippen LogP contribution in [0.2, 0.25) is 0 Å². The summed E-state index contributed by atoms with van der Waals surface area (Å²) in [6, 6.07) is 3.44. The van der Waals surface area contributed by atoms with E-state index in [-0.39, 0.29) is 11.2 Å². The molecule has 0 bridgehead atoms. The molecule has 106 valence electrons. The van der Waals surface area contributed by atoms with Crippen LogP contribution in [0.5, 0.6) is 0 Å². The summed E-state index contributed by atoms with van der Waals surface area (Å²) in [5.41, 5.74) is 1.10. The van der Waals surface area contributed by atoms with Crippen molar-refractivity contribution in [2.24, 2.45) is 0 Å². The normalized spacial score (nSPS) is 13.7. The van der Waals surface area contributed by atoms with Crippen molar-refractivity contribution < 1.29 is 13.7 Å². The molecular weight excluding hydrogens is 264 g/mol. The predicted molar refractivity (Wildman–Crippen MR) is 76.9 cm³/mol. The molecule has 0 saturated carbocycles. The number of rotatable bonds is 6. The second kappa shape index (κ2) is 7.23. The number of nitrogens with zero attached hydrogens (tertiary/aromatic N) is 1. The van der Waals surface area contributed by atoms with E-state index in [1.807, 2.05) is 6.92 Å². The Kier molecular flexibility index (Phi) is 5.95. The highest BCUT2D eigenvalue weighted by molar-refractivity contribution is 7.84. The molecule has 0 aliphatic rings. The molecule has 0 saturated heterocycles. The number of carbonyl (C=O) groups is 1. The highest BCUT2D eigenvalue weighted by Crippen LogP contribution is 2.12. The minimum Gasteiger partial charge on any atom is -0.465 e. The Morgan fingerprint density at radius 1 is 1.53 bits per heavy atom. The maximum absolute atomic E-state index is 11.4. The fraction of sp³-hybridized carbons (Fsp3) is 0.538. The largest absolute Gasteiger partial charge is 0.465 e. The molecule has 0 aliphatic carbocycles. The van der Waals surface area contributed by atoms with Crippen molar-refractivity contribution in [3.8, 4) is 0 Å². The first-order valence-electron chi connectivity index (χ1n) is 6.07. The van der Waals surface area contributed by atoms with E-state index < -0.39 is 10.8 Å². The van der Waals surface area contributed by atoms with E-state index in [2.05, 4.69) is 15.0 Å². The highest BCUT2D eigenvalue weighted by Gasteiger charge is 2.11. The Balaban J connectivity index is 2.59. The third-order valence-corrected chi connectivity index (χ3v) is 4.28. The first-order valence-corrected chi connectivity index (χ1v) is 7.70. The van der Waals surface area contributed by atoms with E-state index in [1.54, 1.807) is 25.3 Å². The molecule has 0 radical (unpaired) electrons. The first-order chi connectivity index (χ1) is 8.95. The van der Waals surface area contributed by atoms with Gasteiger partial charge in [-0.2, -0.15) is 0 Å². The molecule has 1 N–H and O–H groups in total. The predicted octanol–water partition coefficient (Wildman–Crippen LogP) is 1.75. The van der Waals surface area contributed by atoms with Crippen LogP contribution in [0.25, 0.3) is 0 Å². The summed E-state index contributed by atoms with van der Waals surface area (Å²) in [5.74, 6) is 0.325. The summed E-state index contributed by atoms with van der Waals surface area (Å²) in [5, 5.41) is 3.31. The van der Waals surface area contributed by atoms with Crippen LogP contribution in [0.4, 0.5) is 5.82 Å². The Hall–Kier alpha value is -1.43. The number of aryl methyl sites for hydroxylation is 1. The zero-order chi connectivity index (χ0) is 14.4. The van der Waals surface area contributed by atoms with Gasteiger partial charge in [-0.15, -0.1) is 0 Å². The van der Waals surface area contributed by atoms with E-state index >= 15 is 0 Å². The van der Waals surface area contributed by atoms with Gasteiger partial charge >= 0.3 is 5.97 Å². The molecule has 1 rings (SSSR count). The fourth-order valence-electron chi connectivity index (χ4n) is 1.55. The van der Waals surface area contributed by atoms with Crippen molar-refractivity contribution in [2.75, 3.05) is 25.2 Å². The molecular formula is C13H20N2O3S. The number of nitrogens with one attached hydrogen (secondary N) is 1. The number of methoxy groups -OCH3 is 1. The lowest BCUT2D eigenvalue weighted by molar-refractivity contribution is 0.0599. The van der Waals surface area contributed by atoms with Gasteiger partial charge in [0.25, 0.3) is 0 Å². The third kappa shape index (κ3) is 4.63. The Bertz CT molecular complexity index is 477. The van der Waals surface area contributed by atoms with Crippen LogP contribution in [-0.2, 0) is 15.5 Å². The molecule has 0 aliphatic heterocycles. The van der Waals surface area contributed by atoms with Crippen LogP contribution in [0.1, 0.15) is 29.4 Å². The van der Waals surface area contributed by atoms with Gasteiger partial charge in [-0.25, -0.2) is 9.78 Å². The maximum atomic E-state index is 11.4. The van der Waals surface area contributed by atoms with Crippen LogP contribution >= 0.6 is 0 Å². The number of anilines is 1. The molecule has 2 atom stereocenters. The van der Waals surface area contributed by atoms with Crippen molar-refractivity contribution >= 4 is 22.6 Å². The lowest BCUT2D eigenvalue weighted by Crippen LogP contribution is -2.15. The van der Waals surface area contributed by atoms with Crippen LogP contribution in [-0.4, -0.2) is 40.3 Å². The topological polar surface area (TPSA) is 68.3 Å². The molecule has 0 spiro atoms. The quantitative estimate of drug-likeness (QED) is 0.806. The molecule has 6 heteroatoms. The van der Waals surface area contributed by atoms with Gasteiger partial charge in [-0.05, 0) is 25.5 Å². The molecule has 1 aromatic heterocycles. The second-order valence-electron chi connectivity index (χ2n) is 4.35. The number of carbonyl (C=O) groups excluding carboxylic acids is 1. The van der Waals surface area contributed by atoms with E-state index in [0.29, 0.717) is 23.6 Å². The third-order valence-electron chi connectivity index (χ3n) is 2.91. The zero-order valence-corrected chi connectivity index (χ0v) is 12.5. The van der Waals surface area contributed by atoms with Crippen LogP contribution in [0.15, 0.2) is 12.1 Å². The number of aromatic nitrogens is 1. The van der Waals surface area contributed by atoms with Gasteiger partial charge in [-0.3, -0.25) is 4.21 Å². The van der Waals surface area contributed by atoms with Crippen molar-refractivity contribution in [3.05, 3.63) is 23.4 Å². The van der Waals surface area contributed by atoms with Gasteiger partial charge in [0, 0.05) is 28.9 Å². The Labute approximate surface area is 116 Å². The minimum absolute atomic E-state index is 0.155. The summed E-state index contributed by atoms with van der Waals surface area (Å²) in [6.07, 6.45) is 2.51. The van der Waals surface area contributed by atoms with E-state index in [1.165, 1.54) is 7.11 Å². The zero-order valence-electron chi connectivity index (χ0n) is 11.7. The van der Waals surface area contributed by atoms with Crippen LogP contribution in [0.3, 0.4) is 0 Å². The maximum Gasteiger partial charge on any atom is 0.339 e. The average molecular weight is 284 g/mol. The standard InChI is InChI=1S/C13H20N2O3S/c1-9(19(4)17)7-8-14-12-6-5-11(10(2)15-12)13(16)18-3/h5-6,9H,7-8H2,1-4H3,(H,14,15). The van der Waals surface area contributed by atoms with Crippen molar-refractivity contribution in [2.45, 2.75) is 25.5 Å². The summed E-state index contributed by atoms with van der Waals surface area (Å²) < 4.78 is 15.9. The molecule has 1 aromatic rings. The monoisotopic (exact) mass is 284 g/mol. The SMILES string of the molecule is COC(=O)c1ccc(NCCC(C)S(C)=O)nc1C. The summed E-state index contributed by atoms with van der Waals surface area (Å²) >= 11 is 0. The number of hydrogen-bond acceptors (Lipinski definition) is 5. The fourth-order valence-corrected chi connectivity index (χ4v) is 2.00. The Morgan fingerprint density at radius 3 is 2.74 bits per heavy atom. The summed E-state index contributed by atoms with van der Waals surface area (Å²) in [7, 11) is 0.542. The lowest BCUT2D eigenvalue weighted by atomic mass is 10.2. The molecule has 0 fully saturated rings. The summed E-state index contributed by atoms with van der Waals surface area (Å²) in [6.45, 7) is 4.42.